The molecule has 0 radical (unpaired) electrons. The molecule has 0 unspecified atom stereocenters. The van der Waals surface area contributed by atoms with Crippen LogP contribution in [0.4, 0.5) is 0 Å². The molecule has 0 bridgehead atoms. The van der Waals surface area contributed by atoms with Gasteiger partial charge in [-0.2, -0.15) is 0 Å². The summed E-state index contributed by atoms with van der Waals surface area (Å²) < 4.78 is 0. The zero-order valence-corrected chi connectivity index (χ0v) is 7.40. The summed E-state index contributed by atoms with van der Waals surface area (Å²) in [6.07, 6.45) is 2.67. The molecule has 2 heteroatoms. The Balaban J connectivity index is 0.000000250. The first-order chi connectivity index (χ1) is 2.50. The van der Waals surface area contributed by atoms with E-state index in [9.17, 15) is 0 Å². The summed E-state index contributed by atoms with van der Waals surface area (Å²) in [7, 11) is 0. The van der Waals surface area contributed by atoms with Crippen molar-refractivity contribution in [2.24, 2.45) is 0 Å². The second-order valence-electron chi connectivity index (χ2n) is 1.38. The van der Waals surface area contributed by atoms with Gasteiger partial charge in [-0.15, -0.1) is 13.1 Å². The normalized spacial score (nSPS) is 20.0. The molecule has 1 aliphatic rings. The number of hydrogen-bond acceptors (Lipinski definition) is 0. The third-order valence-electron chi connectivity index (χ3n) is 0.882. The molecule has 1 saturated heterocycles. The molecule has 1 heterocycles. The molecule has 0 spiro atoms. The van der Waals surface area contributed by atoms with Crippen LogP contribution in [0.25, 0.3) is 5.32 Å². The molecular weight excluding hydrogens is 101 g/mol. The quantitative estimate of drug-likeness (QED) is 0.325. The van der Waals surface area contributed by atoms with E-state index in [0.717, 1.165) is 13.1 Å². The van der Waals surface area contributed by atoms with Crippen molar-refractivity contribution in [1.82, 2.24) is 0 Å². The fourth-order valence-electron chi connectivity index (χ4n) is 0.559. The van der Waals surface area contributed by atoms with Crippen LogP contribution < -0.4 is 51.4 Å². The van der Waals surface area contributed by atoms with Crippen LogP contribution in [0.1, 0.15) is 12.8 Å². The summed E-state index contributed by atoms with van der Waals surface area (Å²) in [4.78, 5) is 0. The monoisotopic (exact) mass is 109 g/mol. The summed E-state index contributed by atoms with van der Waals surface area (Å²) in [5.74, 6) is 0. The molecule has 0 aliphatic carbocycles. The van der Waals surface area contributed by atoms with Crippen molar-refractivity contribution in [2.45, 2.75) is 12.8 Å². The van der Waals surface area contributed by atoms with Crippen LogP contribution >= 0.6 is 0 Å². The van der Waals surface area contributed by atoms with Crippen LogP contribution in [0, 0.1) is 0 Å². The first kappa shape index (κ1) is 7.60. The van der Waals surface area contributed by atoms with E-state index in [4.69, 9.17) is 0 Å². The predicted octanol–water partition coefficient (Wildman–Crippen LogP) is -1.84. The Kier molecular flexibility index (Phi) is 6.01. The zero-order valence-electron chi connectivity index (χ0n) is 4.28. The molecule has 0 aromatic heterocycles. The van der Waals surface area contributed by atoms with E-state index in [-0.39, 0.29) is 51.4 Å². The Morgan fingerprint density at radius 3 is 1.67 bits per heavy atom. The molecule has 1 rings (SSSR count). The topological polar surface area (TPSA) is 14.1 Å². The predicted molar refractivity (Wildman–Crippen MR) is 22.3 cm³/mol. The van der Waals surface area contributed by atoms with Crippen LogP contribution in [0.5, 0.6) is 0 Å². The fraction of sp³-hybridized carbons (Fsp3) is 1.00. The first-order valence-corrected chi connectivity index (χ1v) is 2.13. The summed E-state index contributed by atoms with van der Waals surface area (Å²) in [6.45, 7) is 2.25. The van der Waals surface area contributed by atoms with Crippen molar-refractivity contribution in [3.8, 4) is 0 Å². The average Bonchev–Trinajstić information content (AvgIpc) is 1.76. The van der Waals surface area contributed by atoms with Gasteiger partial charge in [0.15, 0.2) is 0 Å². The van der Waals surface area contributed by atoms with E-state index in [0.29, 0.717) is 0 Å². The van der Waals surface area contributed by atoms with Crippen molar-refractivity contribution < 1.29 is 51.4 Å². The third-order valence-corrected chi connectivity index (χ3v) is 0.882. The average molecular weight is 109 g/mol. The minimum absolute atomic E-state index is 0. The van der Waals surface area contributed by atoms with Crippen molar-refractivity contribution in [1.29, 1.82) is 0 Å². The van der Waals surface area contributed by atoms with Crippen LogP contribution in [0.2, 0.25) is 0 Å². The molecule has 1 aliphatic heterocycles. The third kappa shape index (κ3) is 2.72. The minimum atomic E-state index is 0. The maximum Gasteiger partial charge on any atom is 1.00 e. The van der Waals surface area contributed by atoms with Gasteiger partial charge in [-0.05, 0) is 0 Å². The first-order valence-electron chi connectivity index (χ1n) is 2.13. The Hall–Kier alpha value is 1.60. The minimum Gasteiger partial charge on any atom is -0.662 e. The van der Waals surface area contributed by atoms with Gasteiger partial charge in [0.2, 0.25) is 0 Å². The van der Waals surface area contributed by atoms with E-state index >= 15 is 0 Å². The number of nitrogens with zero attached hydrogens (tertiary/aromatic N) is 1. The molecule has 0 aromatic carbocycles. The van der Waals surface area contributed by atoms with Crippen LogP contribution in [-0.4, -0.2) is 13.1 Å². The van der Waals surface area contributed by atoms with Gasteiger partial charge in [-0.25, -0.2) is 0 Å². The Labute approximate surface area is 81.3 Å². The SMILES string of the molecule is C1CC[N-]C1.[K+]. The van der Waals surface area contributed by atoms with E-state index < -0.39 is 0 Å². The Morgan fingerprint density at radius 2 is 1.50 bits per heavy atom. The van der Waals surface area contributed by atoms with Crippen molar-refractivity contribution in [2.75, 3.05) is 13.1 Å². The second-order valence-corrected chi connectivity index (χ2v) is 1.38. The van der Waals surface area contributed by atoms with Crippen LogP contribution in [0.3, 0.4) is 0 Å². The summed E-state index contributed by atoms with van der Waals surface area (Å²) >= 11 is 0. The number of rotatable bonds is 0. The van der Waals surface area contributed by atoms with Crippen LogP contribution in [-0.2, 0) is 0 Å². The maximum atomic E-state index is 4.08. The van der Waals surface area contributed by atoms with E-state index in [1.54, 1.807) is 0 Å². The largest absolute Gasteiger partial charge is 1.00 e. The van der Waals surface area contributed by atoms with Gasteiger partial charge in [0.1, 0.15) is 0 Å². The molecule has 30 valence electrons. The molecule has 0 amide bonds. The second kappa shape index (κ2) is 4.75. The van der Waals surface area contributed by atoms with Crippen molar-refractivity contribution >= 4 is 0 Å². The molecule has 0 N–H and O–H groups in total. The Bertz CT molecular complexity index is 19.1. The van der Waals surface area contributed by atoms with Gasteiger partial charge < -0.3 is 5.32 Å². The zero-order chi connectivity index (χ0) is 3.54. The Morgan fingerprint density at radius 1 is 1.00 bits per heavy atom. The van der Waals surface area contributed by atoms with E-state index in [1.807, 2.05) is 0 Å². The molecule has 1 fully saturated rings. The van der Waals surface area contributed by atoms with Crippen LogP contribution in [0.15, 0.2) is 0 Å². The van der Waals surface area contributed by atoms with Gasteiger partial charge in [-0.3, -0.25) is 0 Å². The smallest absolute Gasteiger partial charge is 0.662 e. The molecule has 0 aromatic rings. The number of hydrogen-bond donors (Lipinski definition) is 0. The van der Waals surface area contributed by atoms with Gasteiger partial charge in [0, 0.05) is 0 Å². The van der Waals surface area contributed by atoms with Crippen molar-refractivity contribution in [3.05, 3.63) is 5.32 Å². The molecular formula is C4H8KN. The van der Waals surface area contributed by atoms with Gasteiger partial charge in [0.05, 0.1) is 0 Å². The van der Waals surface area contributed by atoms with Gasteiger partial charge in [0.25, 0.3) is 0 Å². The summed E-state index contributed by atoms with van der Waals surface area (Å²) in [5, 5.41) is 4.08. The van der Waals surface area contributed by atoms with Gasteiger partial charge in [-0.1, -0.05) is 12.8 Å². The molecule has 6 heavy (non-hydrogen) atoms. The maximum absolute atomic E-state index is 4.08. The van der Waals surface area contributed by atoms with Crippen molar-refractivity contribution in [3.63, 3.8) is 0 Å². The molecule has 0 saturated carbocycles. The molecule has 0 atom stereocenters. The van der Waals surface area contributed by atoms with E-state index in [2.05, 4.69) is 5.32 Å². The van der Waals surface area contributed by atoms with E-state index in [1.165, 1.54) is 12.8 Å². The standard InChI is InChI=1S/C4H8N.K/c1-2-4-5-3-1;/h1-4H2;/q-1;+1. The summed E-state index contributed by atoms with van der Waals surface area (Å²) in [6, 6.07) is 0. The fourth-order valence-corrected chi connectivity index (χ4v) is 0.559. The summed E-state index contributed by atoms with van der Waals surface area (Å²) in [5.41, 5.74) is 0. The molecule has 1 nitrogen and oxygen atoms in total. The van der Waals surface area contributed by atoms with Gasteiger partial charge >= 0.3 is 51.4 Å².